The average molecular weight is 310 g/mol. The van der Waals surface area contributed by atoms with E-state index in [1.807, 2.05) is 44.2 Å². The minimum Gasteiger partial charge on any atom is -0.453 e. The van der Waals surface area contributed by atoms with Crippen molar-refractivity contribution in [2.45, 2.75) is 23.9 Å². The number of carbonyl (C=O) groups excluding carboxylic acids is 1. The summed E-state index contributed by atoms with van der Waals surface area (Å²) in [4.78, 5) is 20.6. The Bertz CT molecular complexity index is 807. The number of hydrogen-bond acceptors (Lipinski definition) is 5. The van der Waals surface area contributed by atoms with E-state index in [2.05, 4.69) is 9.97 Å². The van der Waals surface area contributed by atoms with Crippen LogP contribution in [0.1, 0.15) is 21.9 Å². The van der Waals surface area contributed by atoms with Crippen LogP contribution in [0.25, 0.3) is 11.3 Å². The fourth-order valence-electron chi connectivity index (χ4n) is 2.13. The van der Waals surface area contributed by atoms with Crippen molar-refractivity contribution in [3.63, 3.8) is 0 Å². The van der Waals surface area contributed by atoms with Crippen LogP contribution in [0.15, 0.2) is 56.9 Å². The third kappa shape index (κ3) is 3.26. The summed E-state index contributed by atoms with van der Waals surface area (Å²) in [5, 5.41) is 0.725. The van der Waals surface area contributed by atoms with Crippen LogP contribution in [0.4, 0.5) is 0 Å². The number of carbonyl (C=O) groups is 1. The third-order valence-corrected chi connectivity index (χ3v) is 3.89. The van der Waals surface area contributed by atoms with Crippen LogP contribution in [0.2, 0.25) is 0 Å². The zero-order valence-corrected chi connectivity index (χ0v) is 13.1. The SMILES string of the molecule is Cc1cc(C)nc(Sc2cccc(-c3ccc(C=O)o3)c2)n1. The lowest BCUT2D eigenvalue weighted by Gasteiger charge is -2.04. The maximum Gasteiger partial charge on any atom is 0.192 e. The van der Waals surface area contributed by atoms with E-state index in [1.165, 1.54) is 11.8 Å². The Kier molecular flexibility index (Phi) is 4.06. The molecule has 0 spiro atoms. The second kappa shape index (κ2) is 6.15. The molecular formula is C17H14N2O2S. The van der Waals surface area contributed by atoms with Gasteiger partial charge in [-0.2, -0.15) is 0 Å². The van der Waals surface area contributed by atoms with Gasteiger partial charge >= 0.3 is 0 Å². The number of furan rings is 1. The fraction of sp³-hybridized carbons (Fsp3) is 0.118. The molecule has 3 rings (SSSR count). The summed E-state index contributed by atoms with van der Waals surface area (Å²) in [7, 11) is 0. The molecule has 3 aromatic rings. The lowest BCUT2D eigenvalue weighted by Crippen LogP contribution is -1.92. The monoisotopic (exact) mass is 310 g/mol. The van der Waals surface area contributed by atoms with Crippen molar-refractivity contribution in [1.82, 2.24) is 9.97 Å². The number of hydrogen-bond donors (Lipinski definition) is 0. The maximum absolute atomic E-state index is 10.7. The highest BCUT2D eigenvalue weighted by molar-refractivity contribution is 7.99. The van der Waals surface area contributed by atoms with Crippen LogP contribution in [-0.2, 0) is 0 Å². The summed E-state index contributed by atoms with van der Waals surface area (Å²) in [5.74, 6) is 0.997. The van der Waals surface area contributed by atoms with Gasteiger partial charge in [0.05, 0.1) is 0 Å². The third-order valence-electron chi connectivity index (χ3n) is 3.03. The molecule has 0 aliphatic rings. The average Bonchev–Trinajstić information content (AvgIpc) is 2.95. The van der Waals surface area contributed by atoms with Gasteiger partial charge in [-0.15, -0.1) is 0 Å². The highest BCUT2D eigenvalue weighted by Gasteiger charge is 2.07. The minimum absolute atomic E-state index is 0.325. The topological polar surface area (TPSA) is 56.0 Å². The number of aryl methyl sites for hydroxylation is 2. The quantitative estimate of drug-likeness (QED) is 0.530. The first-order valence-corrected chi connectivity index (χ1v) is 7.61. The van der Waals surface area contributed by atoms with Gasteiger partial charge in [0, 0.05) is 21.8 Å². The fourth-order valence-corrected chi connectivity index (χ4v) is 3.05. The van der Waals surface area contributed by atoms with Gasteiger partial charge in [-0.25, -0.2) is 9.97 Å². The largest absolute Gasteiger partial charge is 0.453 e. The Hall–Kier alpha value is -2.40. The highest BCUT2D eigenvalue weighted by atomic mass is 32.2. The van der Waals surface area contributed by atoms with E-state index in [0.717, 1.165) is 27.0 Å². The number of benzene rings is 1. The normalized spacial score (nSPS) is 10.6. The minimum atomic E-state index is 0.325. The molecule has 110 valence electrons. The van der Waals surface area contributed by atoms with E-state index in [4.69, 9.17) is 4.42 Å². The molecule has 0 amide bonds. The van der Waals surface area contributed by atoms with E-state index in [1.54, 1.807) is 12.1 Å². The molecule has 0 N–H and O–H groups in total. The Balaban J connectivity index is 1.89. The second-order valence-corrected chi connectivity index (χ2v) is 5.92. The molecule has 0 fully saturated rings. The zero-order chi connectivity index (χ0) is 15.5. The molecule has 0 saturated carbocycles. The van der Waals surface area contributed by atoms with Crippen LogP contribution in [0.3, 0.4) is 0 Å². The predicted molar refractivity (Wildman–Crippen MR) is 85.2 cm³/mol. The van der Waals surface area contributed by atoms with Crippen LogP contribution >= 0.6 is 11.8 Å². The Morgan fingerprint density at radius 1 is 1.05 bits per heavy atom. The van der Waals surface area contributed by atoms with E-state index in [-0.39, 0.29) is 0 Å². The lowest BCUT2D eigenvalue weighted by molar-refractivity contribution is 0.110. The van der Waals surface area contributed by atoms with Crippen LogP contribution < -0.4 is 0 Å². The van der Waals surface area contributed by atoms with Gasteiger partial charge in [0.2, 0.25) is 0 Å². The molecule has 0 saturated heterocycles. The Morgan fingerprint density at radius 2 is 1.82 bits per heavy atom. The lowest BCUT2D eigenvalue weighted by atomic mass is 10.2. The molecule has 0 radical (unpaired) electrons. The number of aldehydes is 1. The van der Waals surface area contributed by atoms with Gasteiger partial charge in [-0.1, -0.05) is 12.1 Å². The molecule has 0 aliphatic carbocycles. The van der Waals surface area contributed by atoms with E-state index in [9.17, 15) is 4.79 Å². The molecule has 2 aromatic heterocycles. The predicted octanol–water partition coefficient (Wildman–Crippen LogP) is 4.32. The summed E-state index contributed by atoms with van der Waals surface area (Å²) >= 11 is 1.50. The van der Waals surface area contributed by atoms with Gasteiger partial charge in [-0.3, -0.25) is 4.79 Å². The molecule has 4 nitrogen and oxygen atoms in total. The molecule has 0 bridgehead atoms. The summed E-state index contributed by atoms with van der Waals surface area (Å²) in [6, 6.07) is 13.3. The first-order chi connectivity index (χ1) is 10.6. The first-order valence-electron chi connectivity index (χ1n) is 6.79. The van der Waals surface area contributed by atoms with Crippen molar-refractivity contribution < 1.29 is 9.21 Å². The van der Waals surface area contributed by atoms with Crippen molar-refractivity contribution in [3.05, 3.63) is 59.6 Å². The van der Waals surface area contributed by atoms with Crippen molar-refractivity contribution in [1.29, 1.82) is 0 Å². The van der Waals surface area contributed by atoms with Gasteiger partial charge < -0.3 is 4.42 Å². The molecule has 0 aliphatic heterocycles. The van der Waals surface area contributed by atoms with Crippen molar-refractivity contribution in [3.8, 4) is 11.3 Å². The molecule has 0 atom stereocenters. The number of rotatable bonds is 4. The van der Waals surface area contributed by atoms with Crippen LogP contribution in [0, 0.1) is 13.8 Å². The maximum atomic E-state index is 10.7. The van der Waals surface area contributed by atoms with Crippen molar-refractivity contribution in [2.75, 3.05) is 0 Å². The molecular weight excluding hydrogens is 296 g/mol. The van der Waals surface area contributed by atoms with E-state index in [0.29, 0.717) is 17.8 Å². The summed E-state index contributed by atoms with van der Waals surface area (Å²) in [5.41, 5.74) is 2.82. The van der Waals surface area contributed by atoms with Gasteiger partial charge in [0.25, 0.3) is 0 Å². The molecule has 5 heteroatoms. The summed E-state index contributed by atoms with van der Waals surface area (Å²) < 4.78 is 5.45. The molecule has 1 aromatic carbocycles. The first kappa shape index (κ1) is 14.5. The smallest absolute Gasteiger partial charge is 0.192 e. The standard InChI is InChI=1S/C17H14N2O2S/c1-11-8-12(2)19-17(18-11)22-15-5-3-4-13(9-15)16-7-6-14(10-20)21-16/h3-10H,1-2H3. The number of nitrogens with zero attached hydrogens (tertiary/aromatic N) is 2. The molecule has 2 heterocycles. The van der Waals surface area contributed by atoms with Crippen molar-refractivity contribution in [2.24, 2.45) is 0 Å². The van der Waals surface area contributed by atoms with Crippen LogP contribution in [0.5, 0.6) is 0 Å². The summed E-state index contributed by atoms with van der Waals surface area (Å²) in [6.07, 6.45) is 0.700. The van der Waals surface area contributed by atoms with E-state index >= 15 is 0 Å². The molecule has 22 heavy (non-hydrogen) atoms. The molecule has 0 unspecified atom stereocenters. The number of aromatic nitrogens is 2. The highest BCUT2D eigenvalue weighted by Crippen LogP contribution is 2.30. The van der Waals surface area contributed by atoms with Crippen LogP contribution in [-0.4, -0.2) is 16.3 Å². The summed E-state index contributed by atoms with van der Waals surface area (Å²) in [6.45, 7) is 3.91. The van der Waals surface area contributed by atoms with Gasteiger partial charge in [0.15, 0.2) is 17.2 Å². The van der Waals surface area contributed by atoms with Gasteiger partial charge in [-0.05, 0) is 55.9 Å². The Morgan fingerprint density at radius 3 is 2.50 bits per heavy atom. The van der Waals surface area contributed by atoms with E-state index < -0.39 is 0 Å². The zero-order valence-electron chi connectivity index (χ0n) is 12.2. The second-order valence-electron chi connectivity index (χ2n) is 4.88. The van der Waals surface area contributed by atoms with Gasteiger partial charge in [0.1, 0.15) is 5.76 Å². The van der Waals surface area contributed by atoms with Crippen molar-refractivity contribution >= 4 is 18.0 Å². The Labute approximate surface area is 132 Å².